The van der Waals surface area contributed by atoms with Crippen LogP contribution in [0.2, 0.25) is 0 Å². The van der Waals surface area contributed by atoms with Gasteiger partial charge in [-0.1, -0.05) is 12.1 Å². The van der Waals surface area contributed by atoms with Crippen LogP contribution in [0, 0.1) is 5.41 Å². The van der Waals surface area contributed by atoms with Crippen molar-refractivity contribution in [2.45, 2.75) is 38.7 Å². The van der Waals surface area contributed by atoms with Crippen molar-refractivity contribution in [1.82, 2.24) is 10.2 Å². The first-order chi connectivity index (χ1) is 12.6. The SMILES string of the molecule is CC1Oc2ccccc2N(CCC(=O)N2CCC3(CCNC3)CC2)C1=O.Cl. The van der Waals surface area contributed by atoms with Gasteiger partial charge < -0.3 is 19.9 Å². The zero-order valence-corrected chi connectivity index (χ0v) is 16.6. The van der Waals surface area contributed by atoms with Crippen LogP contribution in [0.4, 0.5) is 5.69 Å². The molecule has 1 N–H and O–H groups in total. The van der Waals surface area contributed by atoms with Crippen molar-refractivity contribution in [2.75, 3.05) is 37.6 Å². The van der Waals surface area contributed by atoms with Gasteiger partial charge in [-0.2, -0.15) is 0 Å². The van der Waals surface area contributed by atoms with Crippen LogP contribution in [0.3, 0.4) is 0 Å². The third-order valence-electron chi connectivity index (χ3n) is 6.13. The average molecular weight is 394 g/mol. The molecule has 1 aromatic carbocycles. The van der Waals surface area contributed by atoms with E-state index in [0.717, 1.165) is 44.7 Å². The van der Waals surface area contributed by atoms with Gasteiger partial charge in [0.2, 0.25) is 5.91 Å². The number of nitrogens with one attached hydrogen (secondary N) is 1. The number of amides is 2. The number of benzene rings is 1. The van der Waals surface area contributed by atoms with Crippen LogP contribution < -0.4 is 15.0 Å². The minimum atomic E-state index is -0.510. The third kappa shape index (κ3) is 3.92. The maximum atomic E-state index is 12.7. The van der Waals surface area contributed by atoms with Gasteiger partial charge in [0.05, 0.1) is 5.69 Å². The molecule has 2 amide bonds. The number of para-hydroxylation sites is 2. The Kier molecular flexibility index (Phi) is 5.96. The summed E-state index contributed by atoms with van der Waals surface area (Å²) in [5.74, 6) is 0.780. The van der Waals surface area contributed by atoms with Crippen LogP contribution in [0.25, 0.3) is 0 Å². The lowest BCUT2D eigenvalue weighted by atomic mass is 9.78. The lowest BCUT2D eigenvalue weighted by molar-refractivity contribution is -0.133. The van der Waals surface area contributed by atoms with Gasteiger partial charge >= 0.3 is 0 Å². The van der Waals surface area contributed by atoms with Crippen molar-refractivity contribution in [3.05, 3.63) is 24.3 Å². The van der Waals surface area contributed by atoms with Gasteiger partial charge in [-0.05, 0) is 50.3 Å². The molecule has 0 saturated carbocycles. The molecule has 0 radical (unpaired) electrons. The molecule has 1 aromatic rings. The Morgan fingerprint density at radius 2 is 2.00 bits per heavy atom. The molecule has 7 heteroatoms. The highest BCUT2D eigenvalue weighted by Crippen LogP contribution is 2.37. The number of rotatable bonds is 3. The van der Waals surface area contributed by atoms with Crippen LogP contribution in [-0.4, -0.2) is 55.5 Å². The van der Waals surface area contributed by atoms with Crippen molar-refractivity contribution < 1.29 is 14.3 Å². The first kappa shape index (κ1) is 20.0. The largest absolute Gasteiger partial charge is 0.479 e. The van der Waals surface area contributed by atoms with E-state index in [-0.39, 0.29) is 24.2 Å². The number of likely N-dealkylation sites (tertiary alicyclic amines) is 1. The van der Waals surface area contributed by atoms with E-state index in [2.05, 4.69) is 5.32 Å². The van der Waals surface area contributed by atoms with E-state index in [4.69, 9.17) is 4.74 Å². The molecule has 1 atom stereocenters. The van der Waals surface area contributed by atoms with E-state index < -0.39 is 6.10 Å². The summed E-state index contributed by atoms with van der Waals surface area (Å²) in [4.78, 5) is 28.9. The van der Waals surface area contributed by atoms with Gasteiger partial charge in [-0.25, -0.2) is 0 Å². The minimum absolute atomic E-state index is 0. The van der Waals surface area contributed by atoms with E-state index in [1.54, 1.807) is 11.8 Å². The highest BCUT2D eigenvalue weighted by molar-refractivity contribution is 6.00. The number of halogens is 1. The van der Waals surface area contributed by atoms with E-state index >= 15 is 0 Å². The molecule has 3 heterocycles. The smallest absolute Gasteiger partial charge is 0.267 e. The Hall–Kier alpha value is -1.79. The molecule has 27 heavy (non-hydrogen) atoms. The minimum Gasteiger partial charge on any atom is -0.479 e. The van der Waals surface area contributed by atoms with Gasteiger partial charge in [-0.3, -0.25) is 9.59 Å². The summed E-state index contributed by atoms with van der Waals surface area (Å²) in [5.41, 5.74) is 1.17. The number of carbonyl (C=O) groups is 2. The van der Waals surface area contributed by atoms with E-state index in [9.17, 15) is 9.59 Å². The fourth-order valence-electron chi connectivity index (χ4n) is 4.41. The first-order valence-electron chi connectivity index (χ1n) is 9.64. The summed E-state index contributed by atoms with van der Waals surface area (Å²) in [5, 5.41) is 3.45. The van der Waals surface area contributed by atoms with Crippen LogP contribution >= 0.6 is 12.4 Å². The highest BCUT2D eigenvalue weighted by Gasteiger charge is 2.38. The second kappa shape index (κ2) is 8.07. The monoisotopic (exact) mass is 393 g/mol. The maximum absolute atomic E-state index is 12.7. The quantitative estimate of drug-likeness (QED) is 0.855. The molecule has 0 aromatic heterocycles. The van der Waals surface area contributed by atoms with Crippen LogP contribution in [-0.2, 0) is 9.59 Å². The number of piperidine rings is 1. The van der Waals surface area contributed by atoms with Crippen LogP contribution in [0.1, 0.15) is 32.6 Å². The first-order valence-corrected chi connectivity index (χ1v) is 9.64. The van der Waals surface area contributed by atoms with E-state index in [0.29, 0.717) is 24.1 Å². The Bertz CT molecular complexity index is 695. The average Bonchev–Trinajstić information content (AvgIpc) is 3.10. The molecule has 3 aliphatic rings. The van der Waals surface area contributed by atoms with E-state index in [1.165, 1.54) is 6.42 Å². The Labute approximate surface area is 166 Å². The maximum Gasteiger partial charge on any atom is 0.267 e. The second-order valence-corrected chi connectivity index (χ2v) is 7.78. The molecular weight excluding hydrogens is 366 g/mol. The molecular formula is C20H28ClN3O3. The molecule has 1 unspecified atom stereocenters. The summed E-state index contributed by atoms with van der Waals surface area (Å²) in [6, 6.07) is 7.53. The number of nitrogens with zero attached hydrogens (tertiary/aromatic N) is 2. The summed E-state index contributed by atoms with van der Waals surface area (Å²) in [6.07, 6.45) is 3.25. The van der Waals surface area contributed by atoms with Crippen molar-refractivity contribution >= 4 is 29.9 Å². The second-order valence-electron chi connectivity index (χ2n) is 7.78. The van der Waals surface area contributed by atoms with Crippen molar-refractivity contribution in [3.63, 3.8) is 0 Å². The number of hydrogen-bond donors (Lipinski definition) is 1. The van der Waals surface area contributed by atoms with Crippen LogP contribution in [0.5, 0.6) is 5.75 Å². The molecule has 3 aliphatic heterocycles. The Morgan fingerprint density at radius 1 is 1.26 bits per heavy atom. The number of carbonyl (C=O) groups excluding carboxylic acids is 2. The predicted molar refractivity (Wildman–Crippen MR) is 106 cm³/mol. The Morgan fingerprint density at radius 3 is 2.70 bits per heavy atom. The van der Waals surface area contributed by atoms with Gasteiger partial charge in [0.25, 0.3) is 5.91 Å². The predicted octanol–water partition coefficient (Wildman–Crippen LogP) is 2.21. The molecule has 0 bridgehead atoms. The lowest BCUT2D eigenvalue weighted by Crippen LogP contribution is -2.47. The molecule has 6 nitrogen and oxygen atoms in total. The van der Waals surface area contributed by atoms with Gasteiger partial charge in [0.1, 0.15) is 5.75 Å². The van der Waals surface area contributed by atoms with Crippen LogP contribution in [0.15, 0.2) is 24.3 Å². The van der Waals surface area contributed by atoms with Gasteiger partial charge in [-0.15, -0.1) is 12.4 Å². The molecule has 2 fully saturated rings. The summed E-state index contributed by atoms with van der Waals surface area (Å²) in [7, 11) is 0. The molecule has 4 rings (SSSR count). The number of fused-ring (bicyclic) bond motifs is 1. The molecule has 0 aliphatic carbocycles. The topological polar surface area (TPSA) is 61.9 Å². The number of anilines is 1. The third-order valence-corrected chi connectivity index (χ3v) is 6.13. The number of hydrogen-bond acceptors (Lipinski definition) is 4. The molecule has 2 saturated heterocycles. The van der Waals surface area contributed by atoms with Gasteiger partial charge in [0.15, 0.2) is 6.10 Å². The highest BCUT2D eigenvalue weighted by atomic mass is 35.5. The van der Waals surface area contributed by atoms with Crippen molar-refractivity contribution in [3.8, 4) is 5.75 Å². The van der Waals surface area contributed by atoms with Crippen molar-refractivity contribution in [1.29, 1.82) is 0 Å². The molecule has 1 spiro atoms. The standard InChI is InChI=1S/C20H27N3O3.ClH/c1-15-19(25)23(16-4-2-3-5-17(16)26-15)11-6-18(24)22-12-8-20(9-13-22)7-10-21-14-20;/h2-5,15,21H,6-14H2,1H3;1H. The summed E-state index contributed by atoms with van der Waals surface area (Å²) >= 11 is 0. The van der Waals surface area contributed by atoms with Crippen molar-refractivity contribution in [2.24, 2.45) is 5.41 Å². The number of ether oxygens (including phenoxy) is 1. The fraction of sp³-hybridized carbons (Fsp3) is 0.600. The fourth-order valence-corrected chi connectivity index (χ4v) is 4.41. The Balaban J connectivity index is 0.00000210. The molecule has 148 valence electrons. The van der Waals surface area contributed by atoms with Gasteiger partial charge in [0, 0.05) is 32.6 Å². The zero-order chi connectivity index (χ0) is 18.1. The summed E-state index contributed by atoms with van der Waals surface area (Å²) < 4.78 is 5.66. The normalized spacial score (nSPS) is 23.6. The summed E-state index contributed by atoms with van der Waals surface area (Å²) in [6.45, 7) is 6.03. The lowest BCUT2D eigenvalue weighted by Gasteiger charge is -2.39. The zero-order valence-electron chi connectivity index (χ0n) is 15.8. The van der Waals surface area contributed by atoms with E-state index in [1.807, 2.05) is 29.2 Å².